The number of hydrogen-bond donors (Lipinski definition) is 1. The van der Waals surface area contributed by atoms with Gasteiger partial charge in [0.2, 0.25) is 5.91 Å². The summed E-state index contributed by atoms with van der Waals surface area (Å²) in [4.78, 5) is 16.4. The maximum Gasteiger partial charge on any atom is 0.229 e. The lowest BCUT2D eigenvalue weighted by Gasteiger charge is -2.47. The van der Waals surface area contributed by atoms with Crippen molar-refractivity contribution >= 4 is 5.91 Å². The van der Waals surface area contributed by atoms with Crippen molar-refractivity contribution in [2.45, 2.75) is 51.2 Å². The first-order valence-electron chi connectivity index (χ1n) is 7.37. The monoisotopic (exact) mass is 252 g/mol. The molecule has 4 nitrogen and oxygen atoms in total. The van der Waals surface area contributed by atoms with Gasteiger partial charge in [-0.3, -0.25) is 9.69 Å². The zero-order valence-corrected chi connectivity index (χ0v) is 11.2. The molecule has 4 heteroatoms. The Morgan fingerprint density at radius 1 is 1.28 bits per heavy atom. The molecule has 1 saturated carbocycles. The number of amides is 1. The van der Waals surface area contributed by atoms with Crippen LogP contribution in [0, 0.1) is 11.8 Å². The van der Waals surface area contributed by atoms with Crippen molar-refractivity contribution in [3.05, 3.63) is 0 Å². The molecule has 3 rings (SSSR count). The van der Waals surface area contributed by atoms with Gasteiger partial charge in [-0.25, -0.2) is 0 Å². The SMILES string of the molecule is CC(O)C1CCN(CN2C(=O)C3CCCC32)CC1. The second kappa shape index (κ2) is 4.82. The van der Waals surface area contributed by atoms with Crippen molar-refractivity contribution in [1.29, 1.82) is 0 Å². The summed E-state index contributed by atoms with van der Waals surface area (Å²) in [5, 5.41) is 9.58. The highest BCUT2D eigenvalue weighted by Gasteiger charge is 2.49. The molecule has 18 heavy (non-hydrogen) atoms. The van der Waals surface area contributed by atoms with Crippen molar-refractivity contribution in [2.75, 3.05) is 19.8 Å². The lowest BCUT2D eigenvalue weighted by molar-refractivity contribution is -0.158. The van der Waals surface area contributed by atoms with Crippen molar-refractivity contribution in [3.8, 4) is 0 Å². The van der Waals surface area contributed by atoms with Gasteiger partial charge in [-0.15, -0.1) is 0 Å². The number of β-lactam (4-membered cyclic amide) rings is 1. The van der Waals surface area contributed by atoms with Crippen LogP contribution in [0.5, 0.6) is 0 Å². The molecule has 0 aromatic carbocycles. The summed E-state index contributed by atoms with van der Waals surface area (Å²) in [6.45, 7) is 4.77. The zero-order valence-electron chi connectivity index (χ0n) is 11.2. The molecule has 0 bridgehead atoms. The van der Waals surface area contributed by atoms with E-state index in [4.69, 9.17) is 0 Å². The van der Waals surface area contributed by atoms with Crippen LogP contribution in [0.15, 0.2) is 0 Å². The number of hydrogen-bond acceptors (Lipinski definition) is 3. The normalized spacial score (nSPS) is 35.4. The Kier molecular flexibility index (Phi) is 3.32. The fourth-order valence-electron chi connectivity index (χ4n) is 3.86. The molecule has 1 amide bonds. The molecule has 102 valence electrons. The summed E-state index contributed by atoms with van der Waals surface area (Å²) in [7, 11) is 0. The molecular weight excluding hydrogens is 228 g/mol. The van der Waals surface area contributed by atoms with Crippen molar-refractivity contribution in [3.63, 3.8) is 0 Å². The van der Waals surface area contributed by atoms with Gasteiger partial charge < -0.3 is 10.0 Å². The van der Waals surface area contributed by atoms with Crippen LogP contribution in [0.1, 0.15) is 39.0 Å². The lowest BCUT2D eigenvalue weighted by atomic mass is 9.90. The smallest absolute Gasteiger partial charge is 0.229 e. The summed E-state index contributed by atoms with van der Waals surface area (Å²) in [5.74, 6) is 1.20. The largest absolute Gasteiger partial charge is 0.393 e. The molecule has 2 aliphatic heterocycles. The number of fused-ring (bicyclic) bond motifs is 1. The second-order valence-electron chi connectivity index (χ2n) is 6.25. The Morgan fingerprint density at radius 2 is 2.00 bits per heavy atom. The highest BCUT2D eigenvalue weighted by atomic mass is 16.3. The molecular formula is C14H24N2O2. The fourth-order valence-corrected chi connectivity index (χ4v) is 3.86. The van der Waals surface area contributed by atoms with Gasteiger partial charge in [0.1, 0.15) is 0 Å². The lowest BCUT2D eigenvalue weighted by Crippen LogP contribution is -2.61. The minimum absolute atomic E-state index is 0.183. The van der Waals surface area contributed by atoms with Gasteiger partial charge in [-0.2, -0.15) is 0 Å². The minimum atomic E-state index is -0.183. The molecule has 2 saturated heterocycles. The third-order valence-electron chi connectivity index (χ3n) is 5.15. The number of aliphatic hydroxyl groups excluding tert-OH is 1. The second-order valence-corrected chi connectivity index (χ2v) is 6.25. The van der Waals surface area contributed by atoms with Gasteiger partial charge in [0.15, 0.2) is 0 Å². The highest BCUT2D eigenvalue weighted by molar-refractivity contribution is 5.86. The Hall–Kier alpha value is -0.610. The van der Waals surface area contributed by atoms with Crippen LogP contribution in [0.4, 0.5) is 0 Å². The van der Waals surface area contributed by atoms with Crippen molar-refractivity contribution in [2.24, 2.45) is 11.8 Å². The van der Waals surface area contributed by atoms with E-state index in [2.05, 4.69) is 9.80 Å². The third-order valence-corrected chi connectivity index (χ3v) is 5.15. The predicted octanol–water partition coefficient (Wildman–Crippen LogP) is 1.05. The van der Waals surface area contributed by atoms with Crippen LogP contribution in [0.2, 0.25) is 0 Å². The van der Waals surface area contributed by atoms with Crippen LogP contribution < -0.4 is 0 Å². The number of aliphatic hydroxyl groups is 1. The first kappa shape index (κ1) is 12.4. The first-order valence-corrected chi connectivity index (χ1v) is 7.37. The predicted molar refractivity (Wildman–Crippen MR) is 68.8 cm³/mol. The van der Waals surface area contributed by atoms with E-state index in [-0.39, 0.29) is 6.10 Å². The average molecular weight is 252 g/mol. The molecule has 1 N–H and O–H groups in total. The number of rotatable bonds is 3. The quantitative estimate of drug-likeness (QED) is 0.764. The number of carbonyl (C=O) groups excluding carboxylic acids is 1. The summed E-state index contributed by atoms with van der Waals surface area (Å²) in [6.07, 6.45) is 5.49. The Bertz CT molecular complexity index is 324. The van der Waals surface area contributed by atoms with Gasteiger partial charge in [-0.1, -0.05) is 6.42 Å². The standard InChI is InChI=1S/C14H24N2O2/c1-10(17)11-5-7-15(8-6-11)9-16-13-4-2-3-12(13)14(16)18/h10-13,17H,2-9H2,1H3. The molecule has 0 aromatic rings. The maximum absolute atomic E-state index is 11.9. The fraction of sp³-hybridized carbons (Fsp3) is 0.929. The summed E-state index contributed by atoms with van der Waals surface area (Å²) >= 11 is 0. The van der Waals surface area contributed by atoms with E-state index in [1.807, 2.05) is 6.92 Å². The van der Waals surface area contributed by atoms with E-state index in [0.717, 1.165) is 39.0 Å². The number of piperidine rings is 1. The van der Waals surface area contributed by atoms with E-state index in [1.165, 1.54) is 12.8 Å². The maximum atomic E-state index is 11.9. The van der Waals surface area contributed by atoms with Crippen LogP contribution >= 0.6 is 0 Å². The Labute approximate surface area is 109 Å². The van der Waals surface area contributed by atoms with Gasteiger partial charge in [-0.05, 0) is 38.5 Å². The zero-order chi connectivity index (χ0) is 12.7. The first-order chi connectivity index (χ1) is 8.66. The topological polar surface area (TPSA) is 43.8 Å². The third kappa shape index (κ3) is 2.05. The van der Waals surface area contributed by atoms with Crippen LogP contribution in [0.25, 0.3) is 0 Å². The van der Waals surface area contributed by atoms with Crippen molar-refractivity contribution in [1.82, 2.24) is 9.80 Å². The molecule has 0 spiro atoms. The number of likely N-dealkylation sites (tertiary alicyclic amines) is 2. The Morgan fingerprint density at radius 3 is 2.67 bits per heavy atom. The Balaban J connectivity index is 1.49. The van der Waals surface area contributed by atoms with Crippen LogP contribution in [-0.4, -0.2) is 52.7 Å². The van der Waals surface area contributed by atoms with Crippen molar-refractivity contribution < 1.29 is 9.90 Å². The average Bonchev–Trinajstić information content (AvgIpc) is 2.81. The highest BCUT2D eigenvalue weighted by Crippen LogP contribution is 2.40. The molecule has 1 aliphatic carbocycles. The summed E-state index contributed by atoms with van der Waals surface area (Å²) in [5.41, 5.74) is 0. The number of nitrogens with zero attached hydrogens (tertiary/aromatic N) is 2. The molecule has 3 unspecified atom stereocenters. The molecule has 3 fully saturated rings. The van der Waals surface area contributed by atoms with E-state index in [1.54, 1.807) is 0 Å². The molecule has 3 aliphatic rings. The molecule has 0 aromatic heterocycles. The summed E-state index contributed by atoms with van der Waals surface area (Å²) < 4.78 is 0. The van der Waals surface area contributed by atoms with Crippen LogP contribution in [-0.2, 0) is 4.79 Å². The molecule has 2 heterocycles. The number of carbonyl (C=O) groups is 1. The van der Waals surface area contributed by atoms with E-state index >= 15 is 0 Å². The molecule has 0 radical (unpaired) electrons. The van der Waals surface area contributed by atoms with Gasteiger partial charge in [0.25, 0.3) is 0 Å². The minimum Gasteiger partial charge on any atom is -0.393 e. The van der Waals surface area contributed by atoms with E-state index < -0.39 is 0 Å². The summed E-state index contributed by atoms with van der Waals surface area (Å²) in [6, 6.07) is 0.548. The van der Waals surface area contributed by atoms with Gasteiger partial charge >= 0.3 is 0 Å². The van der Waals surface area contributed by atoms with Gasteiger partial charge in [0, 0.05) is 19.1 Å². The van der Waals surface area contributed by atoms with Gasteiger partial charge in [0.05, 0.1) is 18.7 Å². The van der Waals surface area contributed by atoms with E-state index in [9.17, 15) is 9.90 Å². The van der Waals surface area contributed by atoms with Crippen LogP contribution in [0.3, 0.4) is 0 Å². The van der Waals surface area contributed by atoms with E-state index in [0.29, 0.717) is 23.8 Å². The molecule has 3 atom stereocenters.